The summed E-state index contributed by atoms with van der Waals surface area (Å²) in [6.45, 7) is 20.6. The Morgan fingerprint density at radius 3 is 2.40 bits per heavy atom. The number of nitrogens with one attached hydrogen (secondary N) is 1. The number of thiophene rings is 1. The lowest BCUT2D eigenvalue weighted by atomic mass is 9.58. The summed E-state index contributed by atoms with van der Waals surface area (Å²) in [6.07, 6.45) is 0.539. The molecule has 9 atom stereocenters. The largest absolute Gasteiger partial charge is 0.394 e. The Balaban J connectivity index is 1.57. The van der Waals surface area contributed by atoms with Crippen LogP contribution in [0, 0.1) is 35.0 Å². The van der Waals surface area contributed by atoms with Crippen molar-refractivity contribution in [2.75, 3.05) is 27.2 Å². The highest BCUT2D eigenvalue weighted by Gasteiger charge is 2.51. The van der Waals surface area contributed by atoms with Gasteiger partial charge in [-0.1, -0.05) is 72.7 Å². The number of hydrogen-bond donors (Lipinski definition) is 3. The van der Waals surface area contributed by atoms with E-state index in [4.69, 9.17) is 4.84 Å². The number of rotatable bonds is 15. The van der Waals surface area contributed by atoms with Gasteiger partial charge < -0.3 is 20.4 Å². The molecule has 0 spiro atoms. The number of benzene rings is 1. The third kappa shape index (κ3) is 9.47. The first kappa shape index (κ1) is 38.9. The second-order valence-corrected chi connectivity index (χ2v) is 17.1. The Kier molecular flexibility index (Phi) is 13.7. The van der Waals surface area contributed by atoms with Gasteiger partial charge in [-0.05, 0) is 96.5 Å². The van der Waals surface area contributed by atoms with E-state index in [2.05, 4.69) is 119 Å². The zero-order valence-corrected chi connectivity index (χ0v) is 32.0. The molecule has 9 heteroatoms. The van der Waals surface area contributed by atoms with Crippen molar-refractivity contribution in [1.29, 1.82) is 0 Å². The number of amides is 1. The molecule has 0 bridgehead atoms. The highest BCUT2D eigenvalue weighted by atomic mass is 32.1. The molecule has 1 saturated heterocycles. The number of nitrogens with zero attached hydrogens (tertiary/aromatic N) is 3. The lowest BCUT2D eigenvalue weighted by Crippen LogP contribution is -2.56. The second kappa shape index (κ2) is 16.9. The van der Waals surface area contributed by atoms with E-state index < -0.39 is 24.2 Å². The predicted octanol–water partition coefficient (Wildman–Crippen LogP) is 6.02. The second-order valence-electron chi connectivity index (χ2n) is 16.3. The zero-order valence-electron chi connectivity index (χ0n) is 31.2. The van der Waals surface area contributed by atoms with E-state index in [9.17, 15) is 15.0 Å². The van der Waals surface area contributed by atoms with Crippen molar-refractivity contribution in [3.8, 4) is 0 Å². The van der Waals surface area contributed by atoms with Crippen molar-refractivity contribution in [1.82, 2.24) is 20.2 Å². The van der Waals surface area contributed by atoms with Crippen LogP contribution in [0.2, 0.25) is 0 Å². The van der Waals surface area contributed by atoms with Gasteiger partial charge in [0.2, 0.25) is 5.91 Å². The molecule has 2 fully saturated rings. The van der Waals surface area contributed by atoms with Crippen LogP contribution >= 0.6 is 11.3 Å². The van der Waals surface area contributed by atoms with Gasteiger partial charge in [-0.3, -0.25) is 14.5 Å². The molecule has 48 heavy (non-hydrogen) atoms. The van der Waals surface area contributed by atoms with Crippen molar-refractivity contribution < 1.29 is 19.8 Å². The maximum atomic E-state index is 14.2. The van der Waals surface area contributed by atoms with Gasteiger partial charge in [-0.25, -0.2) is 0 Å². The van der Waals surface area contributed by atoms with Crippen LogP contribution in [0.4, 0.5) is 0 Å². The van der Waals surface area contributed by atoms with Gasteiger partial charge in [-0.2, -0.15) is 16.4 Å². The lowest BCUT2D eigenvalue weighted by molar-refractivity contribution is -0.182. The molecule has 1 aliphatic carbocycles. The minimum Gasteiger partial charge on any atom is -0.394 e. The molecule has 3 N–H and O–H groups in total. The lowest BCUT2D eigenvalue weighted by Gasteiger charge is -2.50. The van der Waals surface area contributed by atoms with Crippen molar-refractivity contribution in [2.24, 2.45) is 35.0 Å². The van der Waals surface area contributed by atoms with Gasteiger partial charge >= 0.3 is 0 Å². The first-order chi connectivity index (χ1) is 22.6. The molecule has 0 unspecified atom stereocenters. The minimum absolute atomic E-state index is 0.0405. The Hall–Kier alpha value is -1.85. The van der Waals surface area contributed by atoms with Crippen LogP contribution in [0.3, 0.4) is 0 Å². The van der Waals surface area contributed by atoms with Crippen LogP contribution in [0.25, 0.3) is 0 Å². The van der Waals surface area contributed by atoms with E-state index in [0.29, 0.717) is 36.3 Å². The molecule has 1 aromatic carbocycles. The molecule has 8 nitrogen and oxygen atoms in total. The Morgan fingerprint density at radius 2 is 1.79 bits per heavy atom. The normalized spacial score (nSPS) is 29.1. The maximum Gasteiger partial charge on any atom is 0.240 e. The Morgan fingerprint density at radius 1 is 1.10 bits per heavy atom. The fraction of sp³-hybridized carbons (Fsp3) is 0.718. The van der Waals surface area contributed by atoms with Gasteiger partial charge in [0.1, 0.15) is 12.1 Å². The van der Waals surface area contributed by atoms with Crippen LogP contribution < -0.4 is 5.32 Å². The van der Waals surface area contributed by atoms with Crippen LogP contribution in [0.1, 0.15) is 84.9 Å². The quantitative estimate of drug-likeness (QED) is 0.212. The average molecular weight is 685 g/mol. The van der Waals surface area contributed by atoms with Gasteiger partial charge in [0.05, 0.1) is 19.3 Å². The molecular formula is C39H64N4O4S. The smallest absolute Gasteiger partial charge is 0.240 e. The number of hydrogen-bond acceptors (Lipinski definition) is 8. The van der Waals surface area contributed by atoms with Gasteiger partial charge in [-0.15, -0.1) is 0 Å². The summed E-state index contributed by atoms with van der Waals surface area (Å²) in [7, 11) is 4.30. The molecule has 1 aliphatic heterocycles. The molecule has 270 valence electrons. The number of hydroxylamine groups is 2. The number of carbonyl (C=O) groups is 1. The van der Waals surface area contributed by atoms with E-state index in [1.54, 1.807) is 23.3 Å². The molecule has 2 aromatic rings. The average Bonchev–Trinajstić information content (AvgIpc) is 3.66. The van der Waals surface area contributed by atoms with Crippen LogP contribution in [0.5, 0.6) is 0 Å². The fourth-order valence-corrected chi connectivity index (χ4v) is 8.84. The first-order valence-corrected chi connectivity index (χ1v) is 19.1. The van der Waals surface area contributed by atoms with Gasteiger partial charge in [0.25, 0.3) is 0 Å². The molecule has 1 saturated carbocycles. The summed E-state index contributed by atoms with van der Waals surface area (Å²) in [5.41, 5.74) is 3.77. The highest BCUT2D eigenvalue weighted by Crippen LogP contribution is 2.47. The predicted molar refractivity (Wildman–Crippen MR) is 196 cm³/mol. The summed E-state index contributed by atoms with van der Waals surface area (Å²) in [6, 6.07) is 10.5. The SMILES string of the molecule is CC(C)C[C@@H](CN(C)C)N(Cc1ccsc1)Cc1cccc(CN2O[C@@H](CO)[C@@H]([C@H](C)O)[C@H]2C(=O)N[C@H]2C[C@@H](C)C(C)(C)[C@@H](C)[C@@H]2C)c1. The van der Waals surface area contributed by atoms with E-state index >= 15 is 0 Å². The Bertz CT molecular complexity index is 1270. The molecule has 2 aliphatic rings. The summed E-state index contributed by atoms with van der Waals surface area (Å²) < 4.78 is 0. The van der Waals surface area contributed by atoms with Crippen LogP contribution in [-0.2, 0) is 29.3 Å². The Labute approximate surface area is 294 Å². The van der Waals surface area contributed by atoms with Crippen molar-refractivity contribution in [3.05, 3.63) is 57.8 Å². The molecule has 2 heterocycles. The standard InChI is InChI=1S/C39H64N4O4S/c1-25(2)16-33(22-41(9)10)42(20-32-14-15-48-24-32)19-30-12-11-13-31(18-30)21-43-37(36(29(6)45)35(23-44)47-43)38(46)40-34-17-26(3)39(7,8)28(5)27(34)4/h11-15,18,24-29,33-37,44-45H,16-17,19-23H2,1-10H3,(H,40,46)/t26-,27+,28+,29+,33+,34+,35+,36-,37+/m1/s1. The van der Waals surface area contributed by atoms with E-state index in [1.807, 2.05) is 0 Å². The first-order valence-electron chi connectivity index (χ1n) is 18.1. The summed E-state index contributed by atoms with van der Waals surface area (Å²) in [5.74, 6) is 1.12. The third-order valence-corrected chi connectivity index (χ3v) is 12.4. The van der Waals surface area contributed by atoms with Crippen LogP contribution in [0.15, 0.2) is 41.1 Å². The third-order valence-electron chi connectivity index (χ3n) is 11.7. The summed E-state index contributed by atoms with van der Waals surface area (Å²) >= 11 is 1.74. The van der Waals surface area contributed by atoms with Gasteiger partial charge in [0.15, 0.2) is 0 Å². The molecule has 1 aromatic heterocycles. The van der Waals surface area contributed by atoms with Crippen molar-refractivity contribution >= 4 is 17.2 Å². The number of aliphatic hydroxyl groups is 2. The highest BCUT2D eigenvalue weighted by molar-refractivity contribution is 7.07. The van der Waals surface area contributed by atoms with E-state index in [0.717, 1.165) is 38.0 Å². The molecule has 0 radical (unpaired) electrons. The number of carbonyl (C=O) groups excluding carboxylic acids is 1. The molecular weight excluding hydrogens is 621 g/mol. The zero-order chi connectivity index (χ0) is 35.3. The topological polar surface area (TPSA) is 88.5 Å². The summed E-state index contributed by atoms with van der Waals surface area (Å²) in [5, 5.41) is 30.7. The minimum atomic E-state index is -0.824. The van der Waals surface area contributed by atoms with E-state index in [1.165, 1.54) is 11.1 Å². The maximum absolute atomic E-state index is 14.2. The van der Waals surface area contributed by atoms with Crippen molar-refractivity contribution in [3.63, 3.8) is 0 Å². The molecule has 4 rings (SSSR count). The number of aliphatic hydroxyl groups excluding tert-OH is 2. The number of likely N-dealkylation sites (N-methyl/N-ethyl adjacent to an activating group) is 1. The fourth-order valence-electron chi connectivity index (χ4n) is 8.19. The summed E-state index contributed by atoms with van der Waals surface area (Å²) in [4.78, 5) is 25.4. The molecule has 1 amide bonds. The van der Waals surface area contributed by atoms with Gasteiger partial charge in [0, 0.05) is 37.6 Å². The van der Waals surface area contributed by atoms with Crippen LogP contribution in [-0.4, -0.2) is 88.6 Å². The monoisotopic (exact) mass is 684 g/mol. The van der Waals surface area contributed by atoms with E-state index in [-0.39, 0.29) is 24.0 Å². The van der Waals surface area contributed by atoms with Crippen molar-refractivity contribution in [2.45, 2.75) is 118 Å².